The molecule has 0 radical (unpaired) electrons. The third-order valence-corrected chi connectivity index (χ3v) is 4.90. The van der Waals surface area contributed by atoms with Crippen molar-refractivity contribution in [3.8, 4) is 11.5 Å². The first-order chi connectivity index (χ1) is 13.3. The number of rotatable bonds is 8. The van der Waals surface area contributed by atoms with Gasteiger partial charge in [-0.05, 0) is 56.6 Å². The first kappa shape index (κ1) is 19.6. The molecule has 1 unspecified atom stereocenters. The number of hydrogen-bond donors (Lipinski definition) is 1. The van der Waals surface area contributed by atoms with E-state index >= 15 is 0 Å². The summed E-state index contributed by atoms with van der Waals surface area (Å²) in [5.74, 6) is 1.65. The number of benzene rings is 1. The Morgan fingerprint density at radius 3 is 2.67 bits per heavy atom. The van der Waals surface area contributed by atoms with E-state index in [0.29, 0.717) is 13.2 Å². The molecule has 3 rings (SSSR count). The molecule has 2 heterocycles. The number of aromatic nitrogens is 1. The topological polar surface area (TPSA) is 46.6 Å². The van der Waals surface area contributed by atoms with Gasteiger partial charge in [-0.3, -0.25) is 9.88 Å². The van der Waals surface area contributed by atoms with Gasteiger partial charge in [-0.25, -0.2) is 0 Å². The maximum Gasteiger partial charge on any atom is 0.161 e. The largest absolute Gasteiger partial charge is 0.490 e. The van der Waals surface area contributed by atoms with E-state index in [0.717, 1.165) is 56.2 Å². The summed E-state index contributed by atoms with van der Waals surface area (Å²) in [5, 5.41) is 3.50. The highest BCUT2D eigenvalue weighted by Gasteiger charge is 2.23. The lowest BCUT2D eigenvalue weighted by Crippen LogP contribution is -2.33. The van der Waals surface area contributed by atoms with Crippen molar-refractivity contribution < 1.29 is 9.47 Å². The highest BCUT2D eigenvalue weighted by Crippen LogP contribution is 2.34. The van der Waals surface area contributed by atoms with Crippen molar-refractivity contribution in [2.45, 2.75) is 32.7 Å². The van der Waals surface area contributed by atoms with Crippen molar-refractivity contribution in [1.29, 1.82) is 0 Å². The molecular weight excluding hydrogens is 338 g/mol. The smallest absolute Gasteiger partial charge is 0.161 e. The van der Waals surface area contributed by atoms with Gasteiger partial charge < -0.3 is 14.8 Å². The van der Waals surface area contributed by atoms with Crippen molar-refractivity contribution in [2.75, 3.05) is 39.4 Å². The second-order valence-corrected chi connectivity index (χ2v) is 6.75. The Balaban J connectivity index is 1.91. The lowest BCUT2D eigenvalue weighted by molar-refractivity contribution is 0.207. The SMILES string of the molecule is CCOc1ccc(C(Cc2ccccn2)N2CCCNCC2)cc1OCC. The fourth-order valence-electron chi connectivity index (χ4n) is 3.63. The second-order valence-electron chi connectivity index (χ2n) is 6.75. The van der Waals surface area contributed by atoms with Gasteiger partial charge in [-0.2, -0.15) is 0 Å². The van der Waals surface area contributed by atoms with Crippen molar-refractivity contribution in [1.82, 2.24) is 15.2 Å². The molecule has 5 nitrogen and oxygen atoms in total. The third-order valence-electron chi connectivity index (χ3n) is 4.90. The minimum atomic E-state index is 0.273. The number of hydrogen-bond acceptors (Lipinski definition) is 5. The van der Waals surface area contributed by atoms with Crippen LogP contribution in [0, 0.1) is 0 Å². The van der Waals surface area contributed by atoms with Gasteiger partial charge in [-0.1, -0.05) is 12.1 Å². The van der Waals surface area contributed by atoms with Crippen LogP contribution in [0.25, 0.3) is 0 Å². The second kappa shape index (κ2) is 10.3. The van der Waals surface area contributed by atoms with Crippen molar-refractivity contribution >= 4 is 0 Å². The number of nitrogens with one attached hydrogen (secondary N) is 1. The lowest BCUT2D eigenvalue weighted by atomic mass is 9.98. The maximum absolute atomic E-state index is 5.87. The first-order valence-electron chi connectivity index (χ1n) is 10.1. The predicted molar refractivity (Wildman–Crippen MR) is 109 cm³/mol. The Kier molecular flexibility index (Phi) is 7.48. The summed E-state index contributed by atoms with van der Waals surface area (Å²) in [6, 6.07) is 12.8. The quantitative estimate of drug-likeness (QED) is 0.772. The van der Waals surface area contributed by atoms with E-state index in [9.17, 15) is 0 Å². The highest BCUT2D eigenvalue weighted by molar-refractivity contribution is 5.44. The molecule has 1 fully saturated rings. The predicted octanol–water partition coefficient (Wildman–Crippen LogP) is 3.46. The van der Waals surface area contributed by atoms with Crippen LogP contribution in [0.2, 0.25) is 0 Å². The molecule has 1 N–H and O–H groups in total. The summed E-state index contributed by atoms with van der Waals surface area (Å²) in [6.45, 7) is 9.49. The zero-order valence-electron chi connectivity index (χ0n) is 16.5. The third kappa shape index (κ3) is 5.44. The van der Waals surface area contributed by atoms with Crippen LogP contribution in [-0.2, 0) is 6.42 Å². The van der Waals surface area contributed by atoms with Gasteiger partial charge >= 0.3 is 0 Å². The Hall–Kier alpha value is -2.11. The van der Waals surface area contributed by atoms with Gasteiger partial charge in [0.15, 0.2) is 11.5 Å². The number of ether oxygens (including phenoxy) is 2. The van der Waals surface area contributed by atoms with Crippen LogP contribution in [0.1, 0.15) is 37.6 Å². The fraction of sp³-hybridized carbons (Fsp3) is 0.500. The molecule has 27 heavy (non-hydrogen) atoms. The number of pyridine rings is 1. The molecule has 0 spiro atoms. The first-order valence-corrected chi connectivity index (χ1v) is 10.1. The molecule has 1 saturated heterocycles. The standard InChI is InChI=1S/C22H31N3O2/c1-3-26-21-10-9-18(16-22(21)27-4-2)20(17-19-8-5-6-12-24-19)25-14-7-11-23-13-15-25/h5-6,8-10,12,16,20,23H,3-4,7,11,13-15,17H2,1-2H3. The van der Waals surface area contributed by atoms with Crippen LogP contribution < -0.4 is 14.8 Å². The van der Waals surface area contributed by atoms with Crippen LogP contribution in [0.4, 0.5) is 0 Å². The fourth-order valence-corrected chi connectivity index (χ4v) is 3.63. The minimum absolute atomic E-state index is 0.273. The van der Waals surface area contributed by atoms with E-state index < -0.39 is 0 Å². The molecule has 1 aliphatic heterocycles. The zero-order valence-corrected chi connectivity index (χ0v) is 16.5. The van der Waals surface area contributed by atoms with E-state index in [-0.39, 0.29) is 6.04 Å². The summed E-state index contributed by atoms with van der Waals surface area (Å²) in [6.07, 6.45) is 3.93. The minimum Gasteiger partial charge on any atom is -0.490 e. The highest BCUT2D eigenvalue weighted by atomic mass is 16.5. The van der Waals surface area contributed by atoms with E-state index in [1.807, 2.05) is 32.2 Å². The molecule has 146 valence electrons. The lowest BCUT2D eigenvalue weighted by Gasteiger charge is -2.31. The number of nitrogens with zero attached hydrogens (tertiary/aromatic N) is 2. The van der Waals surface area contributed by atoms with Crippen LogP contribution in [-0.4, -0.2) is 49.3 Å². The van der Waals surface area contributed by atoms with Crippen LogP contribution >= 0.6 is 0 Å². The van der Waals surface area contributed by atoms with Gasteiger partial charge in [0.05, 0.1) is 13.2 Å². The van der Waals surface area contributed by atoms with Gasteiger partial charge in [0, 0.05) is 44.0 Å². The average Bonchev–Trinajstić information content (AvgIpc) is 2.98. The summed E-state index contributed by atoms with van der Waals surface area (Å²) in [5.41, 5.74) is 2.38. The van der Waals surface area contributed by atoms with E-state index in [2.05, 4.69) is 39.5 Å². The Morgan fingerprint density at radius 2 is 1.89 bits per heavy atom. The molecule has 0 aliphatic carbocycles. The summed E-state index contributed by atoms with van der Waals surface area (Å²) >= 11 is 0. The Morgan fingerprint density at radius 1 is 1.04 bits per heavy atom. The van der Waals surface area contributed by atoms with E-state index in [1.165, 1.54) is 5.56 Å². The Labute approximate surface area is 162 Å². The normalized spacial score (nSPS) is 16.5. The molecule has 0 bridgehead atoms. The monoisotopic (exact) mass is 369 g/mol. The molecule has 1 aliphatic rings. The van der Waals surface area contributed by atoms with Crippen LogP contribution in [0.3, 0.4) is 0 Å². The van der Waals surface area contributed by atoms with Crippen molar-refractivity contribution in [3.05, 3.63) is 53.9 Å². The van der Waals surface area contributed by atoms with E-state index in [4.69, 9.17) is 9.47 Å². The molecule has 0 amide bonds. The molecule has 2 aromatic rings. The van der Waals surface area contributed by atoms with Gasteiger partial charge in [0.1, 0.15) is 0 Å². The van der Waals surface area contributed by atoms with Crippen molar-refractivity contribution in [2.24, 2.45) is 0 Å². The van der Waals surface area contributed by atoms with Gasteiger partial charge in [-0.15, -0.1) is 0 Å². The van der Waals surface area contributed by atoms with Crippen LogP contribution in [0.5, 0.6) is 11.5 Å². The molecule has 1 aromatic heterocycles. The van der Waals surface area contributed by atoms with Gasteiger partial charge in [0.25, 0.3) is 0 Å². The molecule has 5 heteroatoms. The zero-order chi connectivity index (χ0) is 18.9. The maximum atomic E-state index is 5.87. The summed E-state index contributed by atoms with van der Waals surface area (Å²) in [7, 11) is 0. The van der Waals surface area contributed by atoms with Crippen molar-refractivity contribution in [3.63, 3.8) is 0 Å². The Bertz CT molecular complexity index is 685. The molecular formula is C22H31N3O2. The summed E-state index contributed by atoms with van der Waals surface area (Å²) in [4.78, 5) is 7.14. The molecule has 1 aromatic carbocycles. The molecule has 1 atom stereocenters. The van der Waals surface area contributed by atoms with Gasteiger partial charge in [0.2, 0.25) is 0 Å². The average molecular weight is 370 g/mol. The summed E-state index contributed by atoms with van der Waals surface area (Å²) < 4.78 is 11.6. The molecule has 0 saturated carbocycles. The van der Waals surface area contributed by atoms with E-state index in [1.54, 1.807) is 0 Å². The van der Waals surface area contributed by atoms with Crippen LogP contribution in [0.15, 0.2) is 42.6 Å².